The zero-order valence-corrected chi connectivity index (χ0v) is 9.00. The van der Waals surface area contributed by atoms with E-state index >= 15 is 0 Å². The smallest absolute Gasteiger partial charge is 0.303 e. The molecule has 0 radical (unpaired) electrons. The van der Waals surface area contributed by atoms with E-state index < -0.39 is 10.9 Å². The predicted molar refractivity (Wildman–Crippen MR) is 58.1 cm³/mol. The molecule has 6 heteroatoms. The lowest BCUT2D eigenvalue weighted by molar-refractivity contribution is -0.385. The Morgan fingerprint density at radius 3 is 2.56 bits per heavy atom. The van der Waals surface area contributed by atoms with Crippen molar-refractivity contribution < 1.29 is 14.8 Å². The van der Waals surface area contributed by atoms with Crippen molar-refractivity contribution >= 4 is 11.7 Å². The molecule has 0 amide bonds. The van der Waals surface area contributed by atoms with Crippen molar-refractivity contribution in [2.45, 2.75) is 26.2 Å². The van der Waals surface area contributed by atoms with Gasteiger partial charge in [-0.1, -0.05) is 13.3 Å². The molecule has 1 aromatic rings. The van der Waals surface area contributed by atoms with E-state index in [1.54, 1.807) is 0 Å². The summed E-state index contributed by atoms with van der Waals surface area (Å²) < 4.78 is 0. The molecule has 1 heterocycles. The lowest BCUT2D eigenvalue weighted by Gasteiger charge is -1.85. The summed E-state index contributed by atoms with van der Waals surface area (Å²) in [5.41, 5.74) is 0.0255. The molecule has 0 atom stereocenters. The largest absolute Gasteiger partial charge is 0.481 e. The third kappa shape index (κ3) is 7.43. The van der Waals surface area contributed by atoms with Crippen molar-refractivity contribution in [1.29, 1.82) is 0 Å². The summed E-state index contributed by atoms with van der Waals surface area (Å²) in [7, 11) is 0. The normalized spacial score (nSPS) is 8.81. The Hall–Kier alpha value is -1.98. The van der Waals surface area contributed by atoms with Crippen LogP contribution < -0.4 is 0 Å². The standard InChI is InChI=1S/C5H4N2O2.C5H10O2/c8-7(9)5-2-1-3-6-4-5;1-2-3-4-5(6)7/h1-4H;2-4H2,1H3,(H,6,7). The molecule has 0 aromatic carbocycles. The Kier molecular flexibility index (Phi) is 7.31. The first kappa shape index (κ1) is 14.0. The quantitative estimate of drug-likeness (QED) is 0.627. The fourth-order valence-corrected chi connectivity index (χ4v) is 0.790. The highest BCUT2D eigenvalue weighted by atomic mass is 16.6. The van der Waals surface area contributed by atoms with E-state index in [1.165, 1.54) is 24.5 Å². The van der Waals surface area contributed by atoms with E-state index in [-0.39, 0.29) is 5.69 Å². The second-order valence-corrected chi connectivity index (χ2v) is 2.97. The molecule has 88 valence electrons. The van der Waals surface area contributed by atoms with Crippen molar-refractivity contribution in [3.8, 4) is 0 Å². The zero-order chi connectivity index (χ0) is 12.4. The van der Waals surface area contributed by atoms with Crippen LogP contribution in [-0.2, 0) is 4.79 Å². The van der Waals surface area contributed by atoms with Crippen LogP contribution >= 0.6 is 0 Å². The number of nitrogens with zero attached hydrogens (tertiary/aromatic N) is 2. The second-order valence-electron chi connectivity index (χ2n) is 2.97. The summed E-state index contributed by atoms with van der Waals surface area (Å²) in [6.45, 7) is 1.98. The molecule has 0 spiro atoms. The summed E-state index contributed by atoms with van der Waals surface area (Å²) in [5.74, 6) is -0.693. The topological polar surface area (TPSA) is 93.3 Å². The molecule has 1 N–H and O–H groups in total. The molecule has 0 bridgehead atoms. The van der Waals surface area contributed by atoms with Crippen LogP contribution in [0.2, 0.25) is 0 Å². The molecule has 1 rings (SSSR count). The minimum atomic E-state index is -0.693. The number of carbonyl (C=O) groups is 1. The van der Waals surface area contributed by atoms with Crippen LogP contribution in [0.25, 0.3) is 0 Å². The summed E-state index contributed by atoms with van der Waals surface area (Å²) in [6, 6.07) is 2.92. The number of hydrogen-bond donors (Lipinski definition) is 1. The van der Waals surface area contributed by atoms with Crippen molar-refractivity contribution in [2.75, 3.05) is 0 Å². The Morgan fingerprint density at radius 2 is 2.31 bits per heavy atom. The Bertz CT molecular complexity index is 327. The summed E-state index contributed by atoms with van der Waals surface area (Å²) in [5, 5.41) is 18.0. The van der Waals surface area contributed by atoms with Crippen LogP contribution in [0.15, 0.2) is 24.5 Å². The highest BCUT2D eigenvalue weighted by Gasteiger charge is 1.99. The molecule has 16 heavy (non-hydrogen) atoms. The van der Waals surface area contributed by atoms with Crippen molar-refractivity contribution in [2.24, 2.45) is 0 Å². The van der Waals surface area contributed by atoms with Gasteiger partial charge >= 0.3 is 5.97 Å². The monoisotopic (exact) mass is 226 g/mol. The average molecular weight is 226 g/mol. The Morgan fingerprint density at radius 1 is 1.62 bits per heavy atom. The average Bonchev–Trinajstić information content (AvgIpc) is 2.28. The second kappa shape index (κ2) is 8.34. The van der Waals surface area contributed by atoms with Crippen molar-refractivity contribution in [3.63, 3.8) is 0 Å². The van der Waals surface area contributed by atoms with Gasteiger partial charge in [0.05, 0.1) is 4.92 Å². The van der Waals surface area contributed by atoms with Gasteiger partial charge < -0.3 is 5.11 Å². The lowest BCUT2D eigenvalue weighted by Crippen LogP contribution is -1.91. The van der Waals surface area contributed by atoms with Gasteiger partial charge in [0.1, 0.15) is 6.20 Å². The van der Waals surface area contributed by atoms with Crippen LogP contribution in [0.1, 0.15) is 26.2 Å². The van der Waals surface area contributed by atoms with Gasteiger partial charge in [-0.15, -0.1) is 0 Å². The van der Waals surface area contributed by atoms with Crippen LogP contribution in [0, 0.1) is 10.1 Å². The molecule has 0 aliphatic heterocycles. The van der Waals surface area contributed by atoms with Crippen molar-refractivity contribution in [1.82, 2.24) is 4.98 Å². The number of carboxylic acids is 1. The van der Waals surface area contributed by atoms with E-state index in [9.17, 15) is 14.9 Å². The minimum Gasteiger partial charge on any atom is -0.481 e. The molecule has 0 saturated carbocycles. The molecule has 0 aliphatic carbocycles. The number of nitro groups is 1. The molecular weight excluding hydrogens is 212 g/mol. The van der Waals surface area contributed by atoms with Gasteiger partial charge in [-0.2, -0.15) is 0 Å². The summed E-state index contributed by atoms with van der Waals surface area (Å²) in [4.78, 5) is 22.8. The number of hydrogen-bond acceptors (Lipinski definition) is 4. The number of aliphatic carboxylic acids is 1. The first-order chi connectivity index (χ1) is 7.57. The number of rotatable bonds is 4. The highest BCUT2D eigenvalue weighted by Crippen LogP contribution is 2.04. The molecular formula is C10H14N2O4. The van der Waals surface area contributed by atoms with Gasteiger partial charge in [-0.3, -0.25) is 19.9 Å². The van der Waals surface area contributed by atoms with Crippen LogP contribution in [0.3, 0.4) is 0 Å². The zero-order valence-electron chi connectivity index (χ0n) is 9.00. The van der Waals surface area contributed by atoms with Crippen LogP contribution in [-0.4, -0.2) is 21.0 Å². The molecule has 0 aliphatic rings. The third-order valence-corrected chi connectivity index (χ3v) is 1.60. The first-order valence-electron chi connectivity index (χ1n) is 4.84. The van der Waals surface area contributed by atoms with Gasteiger partial charge in [0.2, 0.25) is 0 Å². The van der Waals surface area contributed by atoms with E-state index in [4.69, 9.17) is 5.11 Å². The van der Waals surface area contributed by atoms with Crippen molar-refractivity contribution in [3.05, 3.63) is 34.6 Å². The van der Waals surface area contributed by atoms with E-state index in [0.29, 0.717) is 6.42 Å². The maximum Gasteiger partial charge on any atom is 0.303 e. The summed E-state index contributed by atoms with van der Waals surface area (Å²) in [6.07, 6.45) is 4.78. The van der Waals surface area contributed by atoms with Gasteiger partial charge in [-0.05, 0) is 12.5 Å². The predicted octanol–water partition coefficient (Wildman–Crippen LogP) is 2.25. The Balaban J connectivity index is 0.000000293. The van der Waals surface area contributed by atoms with Gasteiger partial charge in [0.15, 0.2) is 0 Å². The molecule has 1 aromatic heterocycles. The number of carboxylic acid groups (broad SMARTS) is 1. The summed E-state index contributed by atoms with van der Waals surface area (Å²) >= 11 is 0. The van der Waals surface area contributed by atoms with Gasteiger partial charge in [0, 0.05) is 18.7 Å². The first-order valence-corrected chi connectivity index (χ1v) is 4.84. The van der Waals surface area contributed by atoms with Crippen LogP contribution in [0.5, 0.6) is 0 Å². The van der Waals surface area contributed by atoms with Gasteiger partial charge in [-0.25, -0.2) is 0 Å². The van der Waals surface area contributed by atoms with E-state index in [1.807, 2.05) is 6.92 Å². The lowest BCUT2D eigenvalue weighted by atomic mass is 10.3. The maximum absolute atomic E-state index is 9.97. The van der Waals surface area contributed by atoms with Crippen LogP contribution in [0.4, 0.5) is 5.69 Å². The van der Waals surface area contributed by atoms with E-state index in [0.717, 1.165) is 12.8 Å². The molecule has 0 saturated heterocycles. The fourth-order valence-electron chi connectivity index (χ4n) is 0.790. The number of aromatic nitrogens is 1. The third-order valence-electron chi connectivity index (χ3n) is 1.60. The molecule has 0 unspecified atom stereocenters. The SMILES string of the molecule is CCCCC(=O)O.O=[N+]([O-])c1cccnc1. The maximum atomic E-state index is 9.97. The fraction of sp³-hybridized carbons (Fsp3) is 0.400. The molecule has 6 nitrogen and oxygen atoms in total. The highest BCUT2D eigenvalue weighted by molar-refractivity contribution is 5.66. The number of unbranched alkanes of at least 4 members (excludes halogenated alkanes) is 1. The Labute approximate surface area is 93.1 Å². The number of pyridine rings is 1. The van der Waals surface area contributed by atoms with E-state index in [2.05, 4.69) is 4.98 Å². The van der Waals surface area contributed by atoms with Gasteiger partial charge in [0.25, 0.3) is 5.69 Å². The minimum absolute atomic E-state index is 0.0255. The molecule has 0 fully saturated rings.